The predicted molar refractivity (Wildman–Crippen MR) is 119 cm³/mol. The number of furan rings is 1. The molecular weight excluding hydrogens is 398 g/mol. The van der Waals surface area contributed by atoms with E-state index in [-0.39, 0.29) is 25.0 Å². The van der Waals surface area contributed by atoms with Crippen LogP contribution in [0.2, 0.25) is 25.7 Å². The molecule has 8 heteroatoms. The number of ether oxygens (including phenoxy) is 2. The Morgan fingerprint density at radius 2 is 1.97 bits per heavy atom. The number of benzene rings is 1. The summed E-state index contributed by atoms with van der Waals surface area (Å²) in [4.78, 5) is 12.5. The van der Waals surface area contributed by atoms with Crippen LogP contribution in [-0.4, -0.2) is 51.2 Å². The Hall–Kier alpha value is -2.13. The van der Waals surface area contributed by atoms with Gasteiger partial charge in [0.1, 0.15) is 6.79 Å². The third kappa shape index (κ3) is 7.60. The van der Waals surface area contributed by atoms with Crippen molar-refractivity contribution < 1.29 is 18.7 Å². The van der Waals surface area contributed by atoms with Crippen molar-refractivity contribution in [2.45, 2.75) is 50.8 Å². The van der Waals surface area contributed by atoms with Crippen molar-refractivity contribution in [2.75, 3.05) is 19.9 Å². The summed E-state index contributed by atoms with van der Waals surface area (Å²) in [6, 6.07) is 12.7. The van der Waals surface area contributed by atoms with E-state index in [0.29, 0.717) is 26.1 Å². The Balaban J connectivity index is 1.64. The van der Waals surface area contributed by atoms with E-state index in [1.54, 1.807) is 12.5 Å². The minimum absolute atomic E-state index is 0.164. The van der Waals surface area contributed by atoms with Gasteiger partial charge in [-0.25, -0.2) is 9.80 Å². The molecule has 0 unspecified atom stereocenters. The van der Waals surface area contributed by atoms with Gasteiger partial charge in [0.15, 0.2) is 0 Å². The first kappa shape index (κ1) is 22.5. The first-order chi connectivity index (χ1) is 14.4. The molecule has 2 N–H and O–H groups in total. The average molecular weight is 432 g/mol. The van der Waals surface area contributed by atoms with Crippen LogP contribution >= 0.6 is 0 Å². The molecular formula is C22H33N3O4Si. The third-order valence-corrected chi connectivity index (χ3v) is 6.74. The lowest BCUT2D eigenvalue weighted by molar-refractivity contribution is -0.102. The van der Waals surface area contributed by atoms with Crippen molar-refractivity contribution >= 4 is 14.1 Å². The summed E-state index contributed by atoms with van der Waals surface area (Å²) < 4.78 is 17.1. The van der Waals surface area contributed by atoms with E-state index in [1.807, 2.05) is 29.3 Å². The Kier molecular flexibility index (Phi) is 8.09. The smallest absolute Gasteiger partial charge is 0.329 e. The number of carbonyl (C=O) groups is 1. The fraction of sp³-hybridized carbons (Fsp3) is 0.500. The van der Waals surface area contributed by atoms with Crippen LogP contribution in [-0.2, 0) is 22.4 Å². The van der Waals surface area contributed by atoms with Crippen LogP contribution in [0, 0.1) is 0 Å². The molecule has 2 heterocycles. The summed E-state index contributed by atoms with van der Waals surface area (Å²) in [5.74, 6) is 0. The van der Waals surface area contributed by atoms with E-state index >= 15 is 0 Å². The topological polar surface area (TPSA) is 76.0 Å². The van der Waals surface area contributed by atoms with Crippen molar-refractivity contribution in [1.29, 1.82) is 0 Å². The predicted octanol–water partition coefficient (Wildman–Crippen LogP) is 3.62. The molecule has 1 aromatic heterocycles. The van der Waals surface area contributed by atoms with Gasteiger partial charge < -0.3 is 19.2 Å². The van der Waals surface area contributed by atoms with Crippen molar-refractivity contribution in [3.63, 3.8) is 0 Å². The minimum atomic E-state index is -1.14. The zero-order valence-electron chi connectivity index (χ0n) is 18.1. The lowest BCUT2D eigenvalue weighted by Crippen LogP contribution is -2.46. The molecule has 0 bridgehead atoms. The number of hydrazine groups is 1. The summed E-state index contributed by atoms with van der Waals surface area (Å²) >= 11 is 0. The van der Waals surface area contributed by atoms with Gasteiger partial charge in [-0.05, 0) is 24.1 Å². The molecule has 1 aliphatic heterocycles. The van der Waals surface area contributed by atoms with E-state index in [1.165, 1.54) is 0 Å². The van der Waals surface area contributed by atoms with Gasteiger partial charge in [-0.1, -0.05) is 50.0 Å². The van der Waals surface area contributed by atoms with Crippen molar-refractivity contribution in [3.05, 3.63) is 60.1 Å². The van der Waals surface area contributed by atoms with Gasteiger partial charge in [0.05, 0.1) is 24.7 Å². The van der Waals surface area contributed by atoms with Crippen LogP contribution < -0.4 is 10.7 Å². The molecule has 2 amide bonds. The number of carbonyl (C=O) groups excluding carboxylic acids is 1. The fourth-order valence-corrected chi connectivity index (χ4v) is 4.08. The summed E-state index contributed by atoms with van der Waals surface area (Å²) in [5, 5.41) is 4.92. The van der Waals surface area contributed by atoms with Crippen molar-refractivity contribution in [1.82, 2.24) is 15.8 Å². The SMILES string of the molecule is C[Si](C)(C)CCOCO[C@@H]1CN(Cc2ccoc2)NC(=O)N[C@@H]1Cc1ccccc1. The summed E-state index contributed by atoms with van der Waals surface area (Å²) in [6.07, 6.45) is 3.78. The van der Waals surface area contributed by atoms with Crippen LogP contribution in [0.1, 0.15) is 11.1 Å². The van der Waals surface area contributed by atoms with E-state index < -0.39 is 8.07 Å². The van der Waals surface area contributed by atoms with Crippen LogP contribution in [0.25, 0.3) is 0 Å². The van der Waals surface area contributed by atoms with Gasteiger partial charge in [-0.15, -0.1) is 0 Å². The highest BCUT2D eigenvalue weighted by atomic mass is 28.3. The molecule has 1 fully saturated rings. The van der Waals surface area contributed by atoms with E-state index in [2.05, 4.69) is 42.5 Å². The Morgan fingerprint density at radius 1 is 1.17 bits per heavy atom. The van der Waals surface area contributed by atoms with E-state index in [9.17, 15) is 4.79 Å². The second kappa shape index (κ2) is 10.8. The van der Waals surface area contributed by atoms with Gasteiger partial charge in [-0.2, -0.15) is 0 Å². The average Bonchev–Trinajstić information content (AvgIpc) is 3.14. The highest BCUT2D eigenvalue weighted by molar-refractivity contribution is 6.76. The Morgan fingerprint density at radius 3 is 2.67 bits per heavy atom. The molecule has 0 spiro atoms. The quantitative estimate of drug-likeness (QED) is 0.341. The van der Waals surface area contributed by atoms with Gasteiger partial charge in [0.2, 0.25) is 0 Å². The first-order valence-corrected chi connectivity index (χ1v) is 14.2. The fourth-order valence-electron chi connectivity index (χ4n) is 3.33. The lowest BCUT2D eigenvalue weighted by atomic mass is 10.0. The maximum atomic E-state index is 12.5. The maximum Gasteiger partial charge on any atom is 0.329 e. The maximum absolute atomic E-state index is 12.5. The van der Waals surface area contributed by atoms with Crippen LogP contribution in [0.5, 0.6) is 0 Å². The normalized spacial score (nSPS) is 20.4. The van der Waals surface area contributed by atoms with E-state index in [4.69, 9.17) is 13.9 Å². The molecule has 0 radical (unpaired) electrons. The third-order valence-electron chi connectivity index (χ3n) is 5.04. The number of rotatable bonds is 10. The largest absolute Gasteiger partial charge is 0.472 e. The monoisotopic (exact) mass is 431 g/mol. The Labute approximate surface area is 179 Å². The number of urea groups is 1. The van der Waals surface area contributed by atoms with Crippen LogP contribution in [0.15, 0.2) is 53.3 Å². The number of nitrogens with zero attached hydrogens (tertiary/aromatic N) is 1. The standard InChI is InChI=1S/C22H33N3O4Si/c1-30(2,3)12-11-28-17-29-21-15-25(14-19-9-10-27-16-19)24-22(26)23-20(21)13-18-7-5-4-6-8-18/h4-10,16,20-21H,11-15,17H2,1-3H3,(H2,23,24,26)/t20-,21-/m1/s1. The molecule has 7 nitrogen and oxygen atoms in total. The summed E-state index contributed by atoms with van der Waals surface area (Å²) in [6.45, 7) is 8.98. The molecule has 1 saturated heterocycles. The van der Waals surface area contributed by atoms with Gasteiger partial charge in [0.25, 0.3) is 0 Å². The number of nitrogens with one attached hydrogen (secondary N) is 2. The molecule has 1 aromatic carbocycles. The molecule has 1 aliphatic rings. The summed E-state index contributed by atoms with van der Waals surface area (Å²) in [7, 11) is -1.14. The molecule has 164 valence electrons. The van der Waals surface area contributed by atoms with Crippen molar-refractivity contribution in [2.24, 2.45) is 0 Å². The van der Waals surface area contributed by atoms with Gasteiger partial charge in [0, 0.05) is 33.3 Å². The zero-order valence-corrected chi connectivity index (χ0v) is 19.1. The number of amides is 2. The van der Waals surface area contributed by atoms with Crippen LogP contribution in [0.4, 0.5) is 4.79 Å². The second-order valence-corrected chi connectivity index (χ2v) is 14.6. The Bertz CT molecular complexity index is 764. The zero-order chi connectivity index (χ0) is 21.4. The number of hydrogen-bond donors (Lipinski definition) is 2. The molecule has 3 rings (SSSR count). The molecule has 2 aromatic rings. The molecule has 30 heavy (non-hydrogen) atoms. The second-order valence-electron chi connectivity index (χ2n) is 8.94. The van der Waals surface area contributed by atoms with Gasteiger partial charge in [-0.3, -0.25) is 5.43 Å². The van der Waals surface area contributed by atoms with Crippen molar-refractivity contribution in [3.8, 4) is 0 Å². The minimum Gasteiger partial charge on any atom is -0.472 e. The number of hydrogen-bond acceptors (Lipinski definition) is 5. The summed E-state index contributed by atoms with van der Waals surface area (Å²) in [5.41, 5.74) is 5.05. The highest BCUT2D eigenvalue weighted by Crippen LogP contribution is 2.15. The van der Waals surface area contributed by atoms with E-state index in [0.717, 1.165) is 17.2 Å². The molecule has 0 saturated carbocycles. The van der Waals surface area contributed by atoms with Gasteiger partial charge >= 0.3 is 6.03 Å². The lowest BCUT2D eigenvalue weighted by Gasteiger charge is -2.27. The molecule has 0 aliphatic carbocycles. The highest BCUT2D eigenvalue weighted by Gasteiger charge is 2.31. The molecule has 2 atom stereocenters. The van der Waals surface area contributed by atoms with Crippen LogP contribution in [0.3, 0.4) is 0 Å². The first-order valence-electron chi connectivity index (χ1n) is 10.5.